The standard InChI is InChI=1S/C10H19N3O4/c1-16-8(7-11)9(14)12-3-5-13(6-4-12)10(15)17-2/h8H,3-7,11H2,1-2H3. The van der Waals surface area contributed by atoms with Crippen molar-refractivity contribution in [3.05, 3.63) is 0 Å². The molecule has 0 radical (unpaired) electrons. The van der Waals surface area contributed by atoms with E-state index < -0.39 is 6.10 Å². The van der Waals surface area contributed by atoms with Crippen molar-refractivity contribution in [2.45, 2.75) is 6.10 Å². The summed E-state index contributed by atoms with van der Waals surface area (Å²) in [5, 5.41) is 0. The fourth-order valence-corrected chi connectivity index (χ4v) is 1.74. The summed E-state index contributed by atoms with van der Waals surface area (Å²) in [6.45, 7) is 2.06. The molecule has 98 valence electrons. The summed E-state index contributed by atoms with van der Waals surface area (Å²) >= 11 is 0. The third-order valence-electron chi connectivity index (χ3n) is 2.80. The van der Waals surface area contributed by atoms with Crippen LogP contribution in [0.5, 0.6) is 0 Å². The van der Waals surface area contributed by atoms with E-state index in [1.165, 1.54) is 14.2 Å². The molecule has 17 heavy (non-hydrogen) atoms. The lowest BCUT2D eigenvalue weighted by Gasteiger charge is -2.35. The number of hydrogen-bond donors (Lipinski definition) is 1. The van der Waals surface area contributed by atoms with Gasteiger partial charge in [-0.05, 0) is 0 Å². The van der Waals surface area contributed by atoms with Crippen LogP contribution in [0.3, 0.4) is 0 Å². The molecule has 1 heterocycles. The summed E-state index contributed by atoms with van der Waals surface area (Å²) < 4.78 is 9.60. The van der Waals surface area contributed by atoms with E-state index in [9.17, 15) is 9.59 Å². The topological polar surface area (TPSA) is 85.1 Å². The van der Waals surface area contributed by atoms with Gasteiger partial charge in [0.25, 0.3) is 5.91 Å². The van der Waals surface area contributed by atoms with Crippen LogP contribution in [0, 0.1) is 0 Å². The number of nitrogens with two attached hydrogens (primary N) is 1. The Balaban J connectivity index is 2.46. The number of carbonyl (C=O) groups excluding carboxylic acids is 2. The van der Waals surface area contributed by atoms with Crippen molar-refractivity contribution in [2.24, 2.45) is 5.73 Å². The molecule has 2 amide bonds. The minimum atomic E-state index is -0.598. The lowest BCUT2D eigenvalue weighted by Crippen LogP contribution is -2.54. The predicted octanol–water partition coefficient (Wildman–Crippen LogP) is -1.13. The van der Waals surface area contributed by atoms with Crippen LogP contribution in [-0.4, -0.2) is 74.8 Å². The number of piperazine rings is 1. The van der Waals surface area contributed by atoms with Gasteiger partial charge in [-0.15, -0.1) is 0 Å². The molecule has 1 aliphatic rings. The molecule has 0 spiro atoms. The highest BCUT2D eigenvalue weighted by molar-refractivity contribution is 5.81. The first kappa shape index (κ1) is 13.7. The fourth-order valence-electron chi connectivity index (χ4n) is 1.74. The summed E-state index contributed by atoms with van der Waals surface area (Å²) in [6.07, 6.45) is -0.959. The minimum Gasteiger partial charge on any atom is -0.453 e. The number of carbonyl (C=O) groups is 2. The molecule has 0 aromatic heterocycles. The lowest BCUT2D eigenvalue weighted by atomic mass is 10.2. The summed E-state index contributed by atoms with van der Waals surface area (Å²) in [4.78, 5) is 26.4. The molecule has 7 heteroatoms. The van der Waals surface area contributed by atoms with Gasteiger partial charge < -0.3 is 25.0 Å². The molecule has 0 aromatic rings. The molecule has 2 N–H and O–H groups in total. The summed E-state index contributed by atoms with van der Waals surface area (Å²) in [5.74, 6) is -0.125. The molecule has 0 aromatic carbocycles. The molecular formula is C10H19N3O4. The molecule has 1 atom stereocenters. The predicted molar refractivity (Wildman–Crippen MR) is 60.4 cm³/mol. The van der Waals surface area contributed by atoms with E-state index in [0.29, 0.717) is 26.2 Å². The highest BCUT2D eigenvalue weighted by atomic mass is 16.5. The first-order valence-electron chi connectivity index (χ1n) is 5.48. The van der Waals surface area contributed by atoms with Gasteiger partial charge in [0.2, 0.25) is 0 Å². The smallest absolute Gasteiger partial charge is 0.409 e. The van der Waals surface area contributed by atoms with E-state index >= 15 is 0 Å². The minimum absolute atomic E-state index is 0.125. The van der Waals surface area contributed by atoms with Crippen molar-refractivity contribution in [1.82, 2.24) is 9.80 Å². The molecule has 1 aliphatic heterocycles. The van der Waals surface area contributed by atoms with Crippen molar-refractivity contribution in [1.29, 1.82) is 0 Å². The quantitative estimate of drug-likeness (QED) is 0.680. The Hall–Kier alpha value is -1.34. The third kappa shape index (κ3) is 3.31. The zero-order chi connectivity index (χ0) is 12.8. The van der Waals surface area contributed by atoms with Crippen LogP contribution >= 0.6 is 0 Å². The number of hydrogen-bond acceptors (Lipinski definition) is 5. The van der Waals surface area contributed by atoms with Gasteiger partial charge in [-0.1, -0.05) is 0 Å². The number of nitrogens with zero attached hydrogens (tertiary/aromatic N) is 2. The second-order valence-electron chi connectivity index (χ2n) is 3.74. The Bertz CT molecular complexity index is 273. The second-order valence-corrected chi connectivity index (χ2v) is 3.74. The van der Waals surface area contributed by atoms with Crippen LogP contribution in [0.15, 0.2) is 0 Å². The number of amides is 2. The van der Waals surface area contributed by atoms with Crippen LogP contribution in [0.25, 0.3) is 0 Å². The maximum Gasteiger partial charge on any atom is 0.409 e. The Labute approximate surface area is 100 Å². The van der Waals surface area contributed by atoms with Gasteiger partial charge in [0.05, 0.1) is 7.11 Å². The maximum absolute atomic E-state index is 11.9. The van der Waals surface area contributed by atoms with Crippen molar-refractivity contribution in [3.8, 4) is 0 Å². The number of rotatable bonds is 3. The molecule has 1 rings (SSSR count). The Morgan fingerprint density at radius 3 is 2.12 bits per heavy atom. The molecule has 0 aliphatic carbocycles. The molecule has 0 saturated carbocycles. The van der Waals surface area contributed by atoms with Gasteiger partial charge in [-0.2, -0.15) is 0 Å². The molecule has 7 nitrogen and oxygen atoms in total. The van der Waals surface area contributed by atoms with Gasteiger partial charge in [-0.25, -0.2) is 4.79 Å². The first-order valence-corrected chi connectivity index (χ1v) is 5.48. The van der Waals surface area contributed by atoms with Crippen LogP contribution in [0.2, 0.25) is 0 Å². The van der Waals surface area contributed by atoms with E-state index in [4.69, 9.17) is 10.5 Å². The van der Waals surface area contributed by atoms with Crippen molar-refractivity contribution in [2.75, 3.05) is 46.9 Å². The van der Waals surface area contributed by atoms with Gasteiger partial charge in [0.15, 0.2) is 0 Å². The number of methoxy groups -OCH3 is 2. The lowest BCUT2D eigenvalue weighted by molar-refractivity contribution is -0.142. The fraction of sp³-hybridized carbons (Fsp3) is 0.800. The number of ether oxygens (including phenoxy) is 2. The molecule has 0 bridgehead atoms. The van der Waals surface area contributed by atoms with Gasteiger partial charge in [0.1, 0.15) is 6.10 Å². The van der Waals surface area contributed by atoms with E-state index in [2.05, 4.69) is 4.74 Å². The summed E-state index contributed by atoms with van der Waals surface area (Å²) in [7, 11) is 2.80. The van der Waals surface area contributed by atoms with Gasteiger partial charge in [-0.3, -0.25) is 4.79 Å². The van der Waals surface area contributed by atoms with Crippen LogP contribution in [0.4, 0.5) is 4.79 Å². The summed E-state index contributed by atoms with van der Waals surface area (Å²) in [6, 6.07) is 0. The SMILES string of the molecule is COC(=O)N1CCN(C(=O)C(CN)OC)CC1. The van der Waals surface area contributed by atoms with Crippen LogP contribution < -0.4 is 5.73 Å². The zero-order valence-electron chi connectivity index (χ0n) is 10.2. The highest BCUT2D eigenvalue weighted by Gasteiger charge is 2.28. The van der Waals surface area contributed by atoms with Gasteiger partial charge >= 0.3 is 6.09 Å². The summed E-state index contributed by atoms with van der Waals surface area (Å²) in [5.41, 5.74) is 5.43. The van der Waals surface area contributed by atoms with E-state index in [1.807, 2.05) is 0 Å². The second kappa shape index (κ2) is 6.41. The molecule has 1 saturated heterocycles. The molecular weight excluding hydrogens is 226 g/mol. The van der Waals surface area contributed by atoms with Gasteiger partial charge in [0, 0.05) is 39.8 Å². The largest absolute Gasteiger partial charge is 0.453 e. The monoisotopic (exact) mass is 245 g/mol. The highest BCUT2D eigenvalue weighted by Crippen LogP contribution is 2.06. The van der Waals surface area contributed by atoms with Crippen molar-refractivity contribution in [3.63, 3.8) is 0 Å². The Morgan fingerprint density at radius 2 is 1.71 bits per heavy atom. The van der Waals surface area contributed by atoms with Crippen LogP contribution in [0.1, 0.15) is 0 Å². The molecule has 1 fully saturated rings. The molecule has 1 unspecified atom stereocenters. The average Bonchev–Trinajstić information content (AvgIpc) is 2.39. The zero-order valence-corrected chi connectivity index (χ0v) is 10.2. The van der Waals surface area contributed by atoms with Crippen molar-refractivity contribution < 1.29 is 19.1 Å². The first-order chi connectivity index (χ1) is 8.13. The van der Waals surface area contributed by atoms with Crippen LogP contribution in [-0.2, 0) is 14.3 Å². The normalized spacial score (nSPS) is 17.8. The van der Waals surface area contributed by atoms with E-state index in [0.717, 1.165) is 0 Å². The van der Waals surface area contributed by atoms with E-state index in [1.54, 1.807) is 9.80 Å². The average molecular weight is 245 g/mol. The van der Waals surface area contributed by atoms with Crippen molar-refractivity contribution >= 4 is 12.0 Å². The van der Waals surface area contributed by atoms with E-state index in [-0.39, 0.29) is 18.5 Å². The maximum atomic E-state index is 11.9. The third-order valence-corrected chi connectivity index (χ3v) is 2.80. The Morgan fingerprint density at radius 1 is 1.18 bits per heavy atom. The Kier molecular flexibility index (Phi) is 5.17.